The topological polar surface area (TPSA) is 72.5 Å². The van der Waals surface area contributed by atoms with Crippen molar-refractivity contribution in [1.82, 2.24) is 0 Å². The van der Waals surface area contributed by atoms with Crippen molar-refractivity contribution in [2.45, 2.75) is 13.8 Å². The second-order valence-corrected chi connectivity index (χ2v) is 15.9. The maximum absolute atomic E-state index is 11.3. The summed E-state index contributed by atoms with van der Waals surface area (Å²) in [5.41, 5.74) is 9.51. The molecule has 6 nitrogen and oxygen atoms in total. The number of hydrogen-bond acceptors (Lipinski definition) is 6. The van der Waals surface area contributed by atoms with Crippen molar-refractivity contribution in [1.29, 1.82) is 10.5 Å². The van der Waals surface area contributed by atoms with Gasteiger partial charge < -0.3 is 19.3 Å². The van der Waals surface area contributed by atoms with Crippen LogP contribution < -0.4 is 19.3 Å². The van der Waals surface area contributed by atoms with Crippen molar-refractivity contribution >= 4 is 98.8 Å². The number of nitriles is 2. The fourth-order valence-corrected chi connectivity index (χ4v) is 9.76. The summed E-state index contributed by atoms with van der Waals surface area (Å²) in [5.74, 6) is 1.56. The minimum Gasteiger partial charge on any atom is -0.497 e. The Morgan fingerprint density at radius 1 is 0.355 bits per heavy atom. The summed E-state index contributed by atoms with van der Waals surface area (Å²) in [7, 11) is 3.35. The zero-order valence-electron chi connectivity index (χ0n) is 34.6. The van der Waals surface area contributed by atoms with E-state index in [0.29, 0.717) is 11.1 Å². The molecule has 0 unspecified atom stereocenters. The van der Waals surface area contributed by atoms with Crippen molar-refractivity contribution in [2.75, 3.05) is 24.0 Å². The minimum atomic E-state index is 0.584. The smallest absolute Gasteiger partial charge is 0.119 e. The Bertz CT molecular complexity index is 3320. The van der Waals surface area contributed by atoms with Crippen LogP contribution in [0.3, 0.4) is 0 Å². The van der Waals surface area contributed by atoms with E-state index in [1.54, 1.807) is 14.2 Å². The predicted octanol–water partition coefficient (Wildman–Crippen LogP) is 14.8. The summed E-state index contributed by atoms with van der Waals surface area (Å²) in [4.78, 5) is 4.53. The maximum Gasteiger partial charge on any atom is 0.119 e. The standard InChI is InChI=1S/C56H38N4O2/c1-33-11-15-35(16-12-33)59(37-19-23-39(61-3)24-20-37)49-29-27-45-51-41(49)7-5-9-43(51)53-47(31-57)54-44-10-6-8-42-50(30-28-46(52(42)44)56(54)48(32-58)55(45)53)60(36-17-13-34(2)14-18-36)38-21-25-40(62-4)26-22-38/h5-30H,1-4H3. The van der Waals surface area contributed by atoms with Gasteiger partial charge in [0.1, 0.15) is 23.6 Å². The van der Waals surface area contributed by atoms with Crippen LogP contribution in [-0.4, -0.2) is 14.2 Å². The van der Waals surface area contributed by atoms with Gasteiger partial charge in [-0.25, -0.2) is 0 Å². The zero-order valence-corrected chi connectivity index (χ0v) is 34.6. The maximum atomic E-state index is 11.3. The third kappa shape index (κ3) is 5.34. The summed E-state index contributed by atoms with van der Waals surface area (Å²) in [6.45, 7) is 4.18. The van der Waals surface area contributed by atoms with E-state index in [9.17, 15) is 10.5 Å². The lowest BCUT2D eigenvalue weighted by Crippen LogP contribution is -2.10. The molecule has 62 heavy (non-hydrogen) atoms. The van der Waals surface area contributed by atoms with Gasteiger partial charge in [0, 0.05) is 55.1 Å². The highest BCUT2D eigenvalue weighted by Gasteiger charge is 2.29. The highest BCUT2D eigenvalue weighted by molar-refractivity contribution is 6.42. The Morgan fingerprint density at radius 2 is 0.661 bits per heavy atom. The lowest BCUT2D eigenvalue weighted by molar-refractivity contribution is 0.414. The summed E-state index contributed by atoms with van der Waals surface area (Å²) < 4.78 is 11.1. The molecule has 294 valence electrons. The van der Waals surface area contributed by atoms with Gasteiger partial charge in [-0.3, -0.25) is 0 Å². The second-order valence-electron chi connectivity index (χ2n) is 15.9. The summed E-state index contributed by atoms with van der Waals surface area (Å²) in [6, 6.07) is 59.9. The van der Waals surface area contributed by atoms with Gasteiger partial charge in [0.25, 0.3) is 0 Å². The van der Waals surface area contributed by atoms with Crippen molar-refractivity contribution < 1.29 is 9.47 Å². The highest BCUT2D eigenvalue weighted by atomic mass is 16.5. The molecule has 0 aliphatic rings. The molecule has 0 bridgehead atoms. The van der Waals surface area contributed by atoms with E-state index < -0.39 is 0 Å². The molecule has 0 saturated carbocycles. The van der Waals surface area contributed by atoms with Crippen molar-refractivity contribution in [3.63, 3.8) is 0 Å². The monoisotopic (exact) mass is 798 g/mol. The molecule has 11 aromatic rings. The van der Waals surface area contributed by atoms with Gasteiger partial charge in [-0.2, -0.15) is 10.5 Å². The third-order valence-corrected chi connectivity index (χ3v) is 12.6. The number of aryl methyl sites for hydroxylation is 2. The first-order valence-electron chi connectivity index (χ1n) is 20.6. The van der Waals surface area contributed by atoms with Crippen LogP contribution in [0.1, 0.15) is 22.3 Å². The molecule has 0 aromatic heterocycles. The van der Waals surface area contributed by atoms with E-state index in [2.05, 4.69) is 169 Å². The molecule has 0 amide bonds. The van der Waals surface area contributed by atoms with Crippen LogP contribution in [0.5, 0.6) is 11.5 Å². The Hall–Kier alpha value is -8.32. The molecule has 0 aliphatic carbocycles. The van der Waals surface area contributed by atoms with Crippen molar-refractivity contribution in [3.8, 4) is 23.6 Å². The fraction of sp³-hybridized carbons (Fsp3) is 0.0714. The normalized spacial score (nSPS) is 11.5. The summed E-state index contributed by atoms with van der Waals surface area (Å²) >= 11 is 0. The Labute approximate surface area is 358 Å². The molecule has 0 heterocycles. The van der Waals surface area contributed by atoms with Crippen LogP contribution in [0, 0.1) is 36.5 Å². The van der Waals surface area contributed by atoms with E-state index in [0.717, 1.165) is 110 Å². The molecule has 0 fully saturated rings. The molecule has 0 aliphatic heterocycles. The first-order chi connectivity index (χ1) is 30.4. The largest absolute Gasteiger partial charge is 0.497 e. The van der Waals surface area contributed by atoms with Gasteiger partial charge in [-0.15, -0.1) is 0 Å². The van der Waals surface area contributed by atoms with Gasteiger partial charge in [0.2, 0.25) is 0 Å². The van der Waals surface area contributed by atoms with E-state index >= 15 is 0 Å². The van der Waals surface area contributed by atoms with E-state index in [4.69, 9.17) is 9.47 Å². The van der Waals surface area contributed by atoms with Gasteiger partial charge in [0.05, 0.1) is 36.7 Å². The van der Waals surface area contributed by atoms with Crippen molar-refractivity contribution in [2.24, 2.45) is 0 Å². The summed E-state index contributed by atoms with van der Waals surface area (Å²) in [6.07, 6.45) is 0. The lowest BCUT2D eigenvalue weighted by atomic mass is 9.94. The van der Waals surface area contributed by atoms with E-state index in [-0.39, 0.29) is 0 Å². The van der Waals surface area contributed by atoms with E-state index in [1.807, 2.05) is 24.3 Å². The quantitative estimate of drug-likeness (QED) is 0.152. The molecule has 0 atom stereocenters. The molecule has 11 aromatic carbocycles. The number of hydrogen-bond donors (Lipinski definition) is 0. The molecular formula is C56H38N4O2. The van der Waals surface area contributed by atoms with Crippen LogP contribution in [0.25, 0.3) is 64.6 Å². The Balaban J connectivity index is 1.20. The SMILES string of the molecule is COc1ccc(N(c2ccc(C)cc2)c2ccc3c4c(C#N)c5c6ccc(N(c7ccc(C)cc7)c7ccc(OC)cc7)c7cccc(c5c(C#N)c4c4cccc2c43)c76)cc1. The Kier molecular flexibility index (Phi) is 8.39. The summed E-state index contributed by atoms with van der Waals surface area (Å²) in [5, 5.41) is 33.9. The molecule has 0 radical (unpaired) electrons. The average molecular weight is 799 g/mol. The molecule has 0 saturated heterocycles. The number of fused-ring (bicyclic) bond motifs is 6. The van der Waals surface area contributed by atoms with Gasteiger partial charge in [0.15, 0.2) is 0 Å². The molecule has 11 rings (SSSR count). The lowest BCUT2D eigenvalue weighted by Gasteiger charge is -2.27. The second kappa shape index (κ2) is 14.2. The first-order valence-corrected chi connectivity index (χ1v) is 20.6. The molecule has 0 spiro atoms. The minimum absolute atomic E-state index is 0.584. The van der Waals surface area contributed by atoms with Gasteiger partial charge in [-0.05, 0) is 131 Å². The van der Waals surface area contributed by atoms with Gasteiger partial charge >= 0.3 is 0 Å². The first kappa shape index (κ1) is 36.7. The average Bonchev–Trinajstić information content (AvgIpc) is 3.83. The number of benzene rings is 9. The number of anilines is 6. The number of nitrogens with zero attached hydrogens (tertiary/aromatic N) is 4. The van der Waals surface area contributed by atoms with Crippen LogP contribution in [0.15, 0.2) is 158 Å². The zero-order chi connectivity index (χ0) is 42.2. The van der Waals surface area contributed by atoms with Crippen LogP contribution in [0.4, 0.5) is 34.1 Å². The number of ether oxygens (including phenoxy) is 2. The molecule has 6 heteroatoms. The van der Waals surface area contributed by atoms with E-state index in [1.165, 1.54) is 11.1 Å². The van der Waals surface area contributed by atoms with Crippen LogP contribution in [0.2, 0.25) is 0 Å². The fourth-order valence-electron chi connectivity index (χ4n) is 9.76. The molecule has 0 N–H and O–H groups in total. The number of rotatable bonds is 8. The Morgan fingerprint density at radius 3 is 0.984 bits per heavy atom. The van der Waals surface area contributed by atoms with Gasteiger partial charge in [-0.1, -0.05) is 83.9 Å². The highest BCUT2D eigenvalue weighted by Crippen LogP contribution is 2.53. The number of methoxy groups -OCH3 is 2. The van der Waals surface area contributed by atoms with Crippen LogP contribution in [-0.2, 0) is 0 Å². The van der Waals surface area contributed by atoms with Crippen molar-refractivity contribution in [3.05, 3.63) is 180 Å². The van der Waals surface area contributed by atoms with Crippen LogP contribution >= 0.6 is 0 Å². The molecular weight excluding hydrogens is 761 g/mol. The third-order valence-electron chi connectivity index (χ3n) is 12.6. The predicted molar refractivity (Wildman–Crippen MR) is 255 cm³/mol.